The largest absolute Gasteiger partial charge is 0.493 e. The van der Waals surface area contributed by atoms with Crippen molar-refractivity contribution in [2.75, 3.05) is 27.3 Å². The summed E-state index contributed by atoms with van der Waals surface area (Å²) in [4.78, 5) is 13.0. The average molecular weight is 392 g/mol. The minimum atomic E-state index is 0.0819. The third-order valence-corrected chi connectivity index (χ3v) is 5.08. The molecule has 29 heavy (non-hydrogen) atoms. The number of carbonyl (C=O) groups excluding carboxylic acids is 1. The highest BCUT2D eigenvalue weighted by molar-refractivity contribution is 6.14. The summed E-state index contributed by atoms with van der Waals surface area (Å²) in [5, 5.41) is 3.33. The number of nitrogens with one attached hydrogen (secondary N) is 1. The van der Waals surface area contributed by atoms with E-state index in [1.54, 1.807) is 14.2 Å². The zero-order chi connectivity index (χ0) is 21.0. The highest BCUT2D eigenvalue weighted by Crippen LogP contribution is 2.29. The fourth-order valence-corrected chi connectivity index (χ4v) is 3.36. The maximum atomic E-state index is 13.0. The summed E-state index contributed by atoms with van der Waals surface area (Å²) in [7, 11) is 3.21. The first-order chi connectivity index (χ1) is 13.8. The molecule has 2 aromatic rings. The van der Waals surface area contributed by atoms with Crippen LogP contribution in [0, 0.1) is 0 Å². The molecular weight excluding hydrogens is 362 g/mol. The lowest BCUT2D eigenvalue weighted by Crippen LogP contribution is -2.32. The van der Waals surface area contributed by atoms with Gasteiger partial charge in [-0.25, -0.2) is 0 Å². The minimum absolute atomic E-state index is 0.0819. The van der Waals surface area contributed by atoms with E-state index in [0.29, 0.717) is 24.6 Å². The van der Waals surface area contributed by atoms with Crippen LogP contribution in [0.1, 0.15) is 37.5 Å². The molecule has 0 spiro atoms. The highest BCUT2D eigenvalue weighted by atomic mass is 16.5. The molecule has 0 radical (unpaired) electrons. The van der Waals surface area contributed by atoms with E-state index < -0.39 is 0 Å². The zero-order valence-electron chi connectivity index (χ0n) is 17.8. The summed E-state index contributed by atoms with van der Waals surface area (Å²) in [6.07, 6.45) is 3.89. The number of benzene rings is 2. The lowest BCUT2D eigenvalue weighted by atomic mass is 9.86. The van der Waals surface area contributed by atoms with Crippen LogP contribution in [0.3, 0.4) is 0 Å². The molecule has 3 rings (SSSR count). The van der Waals surface area contributed by atoms with Crippen LogP contribution in [0.5, 0.6) is 11.5 Å². The van der Waals surface area contributed by atoms with Crippen LogP contribution in [0.4, 0.5) is 0 Å². The first kappa shape index (κ1) is 20.9. The molecule has 4 heteroatoms. The van der Waals surface area contributed by atoms with Crippen molar-refractivity contribution in [3.8, 4) is 11.5 Å². The van der Waals surface area contributed by atoms with Crippen LogP contribution >= 0.6 is 0 Å². The Labute approximate surface area is 173 Å². The van der Waals surface area contributed by atoms with Crippen molar-refractivity contribution in [1.82, 2.24) is 5.32 Å². The molecule has 1 N–H and O–H groups in total. The number of hydrogen-bond donors (Lipinski definition) is 1. The van der Waals surface area contributed by atoms with Gasteiger partial charge in [0, 0.05) is 24.2 Å². The van der Waals surface area contributed by atoms with Gasteiger partial charge in [-0.05, 0) is 46.4 Å². The third kappa shape index (κ3) is 4.96. The minimum Gasteiger partial charge on any atom is -0.493 e. The maximum Gasteiger partial charge on any atom is 0.187 e. The van der Waals surface area contributed by atoms with Gasteiger partial charge in [0.1, 0.15) is 0 Å². The lowest BCUT2D eigenvalue weighted by Gasteiger charge is -2.20. The van der Waals surface area contributed by atoms with Gasteiger partial charge < -0.3 is 14.8 Å². The van der Waals surface area contributed by atoms with E-state index >= 15 is 0 Å². The SMILES string of the molecule is COc1ccc(C=C2CNCC(=Cc3ccc(C(C)(C)C)cc3)C2=O)cc1OC. The fourth-order valence-electron chi connectivity index (χ4n) is 3.36. The van der Waals surface area contributed by atoms with E-state index in [1.165, 1.54) is 5.56 Å². The Bertz CT molecular complexity index is 947. The van der Waals surface area contributed by atoms with Gasteiger partial charge in [-0.1, -0.05) is 51.1 Å². The highest BCUT2D eigenvalue weighted by Gasteiger charge is 2.20. The number of piperidine rings is 1. The number of ether oxygens (including phenoxy) is 2. The Morgan fingerprint density at radius 1 is 0.828 bits per heavy atom. The van der Waals surface area contributed by atoms with E-state index in [2.05, 4.69) is 50.4 Å². The van der Waals surface area contributed by atoms with Gasteiger partial charge in [0.15, 0.2) is 17.3 Å². The normalized spacial score (nSPS) is 17.6. The Hall–Kier alpha value is -2.85. The van der Waals surface area contributed by atoms with Gasteiger partial charge in [0.25, 0.3) is 0 Å². The van der Waals surface area contributed by atoms with Crippen LogP contribution in [0.2, 0.25) is 0 Å². The Kier molecular flexibility index (Phi) is 6.23. The van der Waals surface area contributed by atoms with Gasteiger partial charge in [-0.15, -0.1) is 0 Å². The third-order valence-electron chi connectivity index (χ3n) is 5.08. The molecule has 0 bridgehead atoms. The molecule has 0 aromatic heterocycles. The van der Waals surface area contributed by atoms with Crippen molar-refractivity contribution in [2.45, 2.75) is 26.2 Å². The van der Waals surface area contributed by atoms with E-state index in [-0.39, 0.29) is 11.2 Å². The second kappa shape index (κ2) is 8.66. The van der Waals surface area contributed by atoms with E-state index in [0.717, 1.165) is 22.3 Å². The van der Waals surface area contributed by atoms with E-state index in [1.807, 2.05) is 30.4 Å². The van der Waals surface area contributed by atoms with Gasteiger partial charge in [-0.2, -0.15) is 0 Å². The molecule has 0 saturated carbocycles. The predicted octanol–water partition coefficient (Wildman–Crippen LogP) is 4.64. The molecule has 4 nitrogen and oxygen atoms in total. The molecule has 1 aliphatic heterocycles. The monoisotopic (exact) mass is 391 g/mol. The van der Waals surface area contributed by atoms with Gasteiger partial charge >= 0.3 is 0 Å². The molecule has 0 atom stereocenters. The van der Waals surface area contributed by atoms with Crippen molar-refractivity contribution in [1.29, 1.82) is 0 Å². The molecule has 0 aliphatic carbocycles. The van der Waals surface area contributed by atoms with Crippen molar-refractivity contribution < 1.29 is 14.3 Å². The molecule has 0 unspecified atom stereocenters. The number of carbonyl (C=O) groups is 1. The first-order valence-electron chi connectivity index (χ1n) is 9.81. The molecule has 1 heterocycles. The summed E-state index contributed by atoms with van der Waals surface area (Å²) in [6, 6.07) is 14.1. The van der Waals surface area contributed by atoms with E-state index in [4.69, 9.17) is 9.47 Å². The van der Waals surface area contributed by atoms with E-state index in [9.17, 15) is 4.79 Å². The van der Waals surface area contributed by atoms with Crippen molar-refractivity contribution in [3.05, 3.63) is 70.3 Å². The topological polar surface area (TPSA) is 47.6 Å². The van der Waals surface area contributed by atoms with Crippen LogP contribution < -0.4 is 14.8 Å². The number of ketones is 1. The Morgan fingerprint density at radius 3 is 1.93 bits per heavy atom. The first-order valence-corrected chi connectivity index (χ1v) is 9.81. The molecule has 1 fully saturated rings. The van der Waals surface area contributed by atoms with Crippen molar-refractivity contribution in [3.63, 3.8) is 0 Å². The smallest absolute Gasteiger partial charge is 0.187 e. The maximum absolute atomic E-state index is 13.0. The molecule has 0 amide bonds. The lowest BCUT2D eigenvalue weighted by molar-refractivity contribution is -0.112. The predicted molar refractivity (Wildman–Crippen MR) is 119 cm³/mol. The van der Waals surface area contributed by atoms with Gasteiger partial charge in [-0.3, -0.25) is 4.79 Å². The van der Waals surface area contributed by atoms with Crippen molar-refractivity contribution >= 4 is 17.9 Å². The summed E-state index contributed by atoms with van der Waals surface area (Å²) in [5.41, 5.74) is 4.84. The number of methoxy groups -OCH3 is 2. The molecule has 1 aliphatic rings. The molecule has 2 aromatic carbocycles. The summed E-state index contributed by atoms with van der Waals surface area (Å²) in [5.74, 6) is 1.40. The van der Waals surface area contributed by atoms with Crippen LogP contribution in [-0.2, 0) is 10.2 Å². The molecule has 1 saturated heterocycles. The standard InChI is InChI=1S/C25H29NO3/c1-25(2,3)21-9-6-17(7-10-21)12-19-15-26-16-20(24(19)27)13-18-8-11-22(28-4)23(14-18)29-5/h6-14,26H,15-16H2,1-5H3. The van der Waals surface area contributed by atoms with Crippen LogP contribution in [0.15, 0.2) is 53.6 Å². The van der Waals surface area contributed by atoms with Crippen molar-refractivity contribution in [2.24, 2.45) is 0 Å². The summed E-state index contributed by atoms with van der Waals surface area (Å²) < 4.78 is 10.6. The average Bonchev–Trinajstić information content (AvgIpc) is 2.70. The summed E-state index contributed by atoms with van der Waals surface area (Å²) in [6.45, 7) is 7.71. The van der Waals surface area contributed by atoms with Crippen LogP contribution in [-0.4, -0.2) is 33.1 Å². The number of rotatable bonds is 4. The molecule has 152 valence electrons. The quantitative estimate of drug-likeness (QED) is 0.772. The number of Topliss-reactive ketones (excluding diaryl/α,β-unsaturated/α-hetero) is 1. The second-order valence-corrected chi connectivity index (χ2v) is 8.26. The zero-order valence-corrected chi connectivity index (χ0v) is 17.8. The fraction of sp³-hybridized carbons (Fsp3) is 0.320. The Balaban J connectivity index is 1.85. The number of hydrogen-bond acceptors (Lipinski definition) is 4. The van der Waals surface area contributed by atoms with Crippen LogP contribution in [0.25, 0.3) is 12.2 Å². The van der Waals surface area contributed by atoms with Gasteiger partial charge in [0.05, 0.1) is 14.2 Å². The molecular formula is C25H29NO3. The Morgan fingerprint density at radius 2 is 1.38 bits per heavy atom. The summed E-state index contributed by atoms with van der Waals surface area (Å²) >= 11 is 0. The van der Waals surface area contributed by atoms with Gasteiger partial charge in [0.2, 0.25) is 0 Å². The second-order valence-electron chi connectivity index (χ2n) is 8.26.